The number of methoxy groups -OCH3 is 1. The van der Waals surface area contributed by atoms with Crippen LogP contribution in [0.15, 0.2) is 38.8 Å². The van der Waals surface area contributed by atoms with Gasteiger partial charge in [-0.05, 0) is 39.2 Å². The molecule has 0 bridgehead atoms. The van der Waals surface area contributed by atoms with Crippen molar-refractivity contribution in [1.29, 1.82) is 0 Å². The van der Waals surface area contributed by atoms with E-state index in [0.29, 0.717) is 0 Å². The molecule has 1 N–H and O–H groups in total. The van der Waals surface area contributed by atoms with Gasteiger partial charge in [0.15, 0.2) is 6.04 Å². The van der Waals surface area contributed by atoms with Gasteiger partial charge in [0.2, 0.25) is 5.62 Å². The number of carbonyl (C=O) groups excluding carboxylic acids is 2. The monoisotopic (exact) mass is 474 g/mol. The molecule has 0 aliphatic carbocycles. The summed E-state index contributed by atoms with van der Waals surface area (Å²) in [5, 5.41) is 0. The van der Waals surface area contributed by atoms with E-state index in [1.807, 2.05) is 31.2 Å². The Bertz CT molecular complexity index is 1200. The number of aromatic amines is 1. The minimum Gasteiger partial charge on any atom is -0.469 e. The number of ether oxygens (including phenoxy) is 2. The molecule has 186 valence electrons. The van der Waals surface area contributed by atoms with Gasteiger partial charge in [-0.1, -0.05) is 43.7 Å². The van der Waals surface area contributed by atoms with Gasteiger partial charge in [0, 0.05) is 6.54 Å². The fourth-order valence-electron chi connectivity index (χ4n) is 3.14. The second kappa shape index (κ2) is 11.1. The van der Waals surface area contributed by atoms with E-state index in [4.69, 9.17) is 4.74 Å². The highest BCUT2D eigenvalue weighted by molar-refractivity contribution is 5.76. The minimum absolute atomic E-state index is 0.0468. The largest absolute Gasteiger partial charge is 0.469 e. The first-order chi connectivity index (χ1) is 15.8. The van der Waals surface area contributed by atoms with E-state index >= 15 is 0 Å². The normalized spacial score (nSPS) is 13.1. The Hall–Kier alpha value is -3.43. The van der Waals surface area contributed by atoms with Crippen LogP contribution in [0.5, 0.6) is 0 Å². The number of hydrogen-bond donors (Lipinski definition) is 1. The van der Waals surface area contributed by atoms with Crippen molar-refractivity contribution in [2.45, 2.75) is 72.7 Å². The van der Waals surface area contributed by atoms with Crippen molar-refractivity contribution in [3.8, 4) is 0 Å². The lowest BCUT2D eigenvalue weighted by atomic mass is 10.1. The summed E-state index contributed by atoms with van der Waals surface area (Å²) in [6.45, 7) is 10.8. The van der Waals surface area contributed by atoms with Gasteiger partial charge in [-0.2, -0.15) is 0 Å². The second-order valence-electron chi connectivity index (χ2n) is 9.44. The zero-order valence-corrected chi connectivity index (χ0v) is 20.9. The summed E-state index contributed by atoms with van der Waals surface area (Å²) in [6.07, 6.45) is -0.146. The number of nitrogens with zero attached hydrogens (tertiary/aromatic N) is 3. The van der Waals surface area contributed by atoms with Gasteiger partial charge in [0.1, 0.15) is 5.60 Å². The summed E-state index contributed by atoms with van der Waals surface area (Å²) >= 11 is 0. The quantitative estimate of drug-likeness (QED) is 0.579. The minimum atomic E-state index is -0.940. The third-order valence-corrected chi connectivity index (χ3v) is 4.95. The van der Waals surface area contributed by atoms with Crippen molar-refractivity contribution in [1.82, 2.24) is 14.1 Å². The van der Waals surface area contributed by atoms with E-state index in [1.54, 1.807) is 34.6 Å². The van der Waals surface area contributed by atoms with Gasteiger partial charge in [0.05, 0.1) is 20.1 Å². The number of H-pyrrole nitrogens is 1. The van der Waals surface area contributed by atoms with E-state index in [2.05, 4.69) is 14.7 Å². The fraction of sp³-hybridized carbons (Fsp3) is 0.542. The Morgan fingerprint density at radius 2 is 1.71 bits per heavy atom. The molecule has 0 aliphatic heterocycles. The molecule has 1 aromatic heterocycles. The molecule has 0 spiro atoms. The van der Waals surface area contributed by atoms with Gasteiger partial charge in [0.25, 0.3) is 0 Å². The standard InChI is InChI=1S/C24H34N4O6/c1-15(2)19(20(30)34-24(4,5)6)25-21-26-22(31)27(13-12-18(29)33-7)23(32)28(21)14-17-10-8-16(3)9-11-17/h8-11,15,19H,12-14H2,1-7H3,(H,25,26,31). The Kier molecular flexibility index (Phi) is 8.78. The molecule has 1 atom stereocenters. The SMILES string of the molecule is COC(=O)CCn1c(=O)[nH]/c(=N\C(C(=O)OC(C)(C)C)C(C)C)n(Cc2ccc(C)cc2)c1=O. The van der Waals surface area contributed by atoms with E-state index in [9.17, 15) is 19.2 Å². The molecule has 0 aliphatic rings. The first kappa shape index (κ1) is 26.8. The molecule has 10 nitrogen and oxygen atoms in total. The number of aromatic nitrogens is 3. The lowest BCUT2D eigenvalue weighted by Gasteiger charge is -2.24. The van der Waals surface area contributed by atoms with Crippen molar-refractivity contribution in [2.75, 3.05) is 7.11 Å². The van der Waals surface area contributed by atoms with Crippen molar-refractivity contribution in [3.05, 3.63) is 62.0 Å². The first-order valence-corrected chi connectivity index (χ1v) is 11.2. The predicted molar refractivity (Wildman–Crippen MR) is 126 cm³/mol. The fourth-order valence-corrected chi connectivity index (χ4v) is 3.14. The van der Waals surface area contributed by atoms with Crippen LogP contribution in [0.4, 0.5) is 0 Å². The van der Waals surface area contributed by atoms with E-state index in [0.717, 1.165) is 15.7 Å². The van der Waals surface area contributed by atoms with Crippen LogP contribution >= 0.6 is 0 Å². The number of aryl methyl sites for hydroxylation is 1. The predicted octanol–water partition coefficient (Wildman–Crippen LogP) is 1.52. The molecule has 0 radical (unpaired) electrons. The molecule has 2 aromatic rings. The van der Waals surface area contributed by atoms with Gasteiger partial charge in [-0.15, -0.1) is 0 Å². The van der Waals surface area contributed by atoms with Crippen LogP contribution in [0.25, 0.3) is 0 Å². The van der Waals surface area contributed by atoms with Crippen molar-refractivity contribution >= 4 is 11.9 Å². The molecular formula is C24H34N4O6. The van der Waals surface area contributed by atoms with Crippen LogP contribution in [0, 0.1) is 12.8 Å². The van der Waals surface area contributed by atoms with Crippen LogP contribution in [0.2, 0.25) is 0 Å². The number of nitrogens with one attached hydrogen (secondary N) is 1. The van der Waals surface area contributed by atoms with Gasteiger partial charge >= 0.3 is 23.3 Å². The molecule has 0 amide bonds. The van der Waals surface area contributed by atoms with Crippen LogP contribution in [0.3, 0.4) is 0 Å². The summed E-state index contributed by atoms with van der Waals surface area (Å²) in [6, 6.07) is 6.61. The number of esters is 2. The van der Waals surface area contributed by atoms with Crippen molar-refractivity contribution in [3.63, 3.8) is 0 Å². The first-order valence-electron chi connectivity index (χ1n) is 11.2. The van der Waals surface area contributed by atoms with Gasteiger partial charge in [-0.3, -0.25) is 14.3 Å². The van der Waals surface area contributed by atoms with Crippen LogP contribution in [-0.4, -0.2) is 44.8 Å². The highest BCUT2D eigenvalue weighted by Gasteiger charge is 2.28. The maximum Gasteiger partial charge on any atom is 0.335 e. The van der Waals surface area contributed by atoms with Gasteiger partial charge in [-0.25, -0.2) is 23.9 Å². The average molecular weight is 475 g/mol. The molecule has 34 heavy (non-hydrogen) atoms. The molecule has 2 rings (SSSR count). The average Bonchev–Trinajstić information content (AvgIpc) is 2.73. The summed E-state index contributed by atoms with van der Waals surface area (Å²) in [5.41, 5.74) is -0.301. The molecule has 1 heterocycles. The number of hydrogen-bond acceptors (Lipinski definition) is 7. The number of rotatable bonds is 8. The third-order valence-electron chi connectivity index (χ3n) is 4.95. The zero-order valence-electron chi connectivity index (χ0n) is 20.9. The van der Waals surface area contributed by atoms with Crippen LogP contribution in [0.1, 0.15) is 52.2 Å². The van der Waals surface area contributed by atoms with Crippen LogP contribution < -0.4 is 17.0 Å². The smallest absolute Gasteiger partial charge is 0.335 e. The van der Waals surface area contributed by atoms with Crippen molar-refractivity contribution in [2.24, 2.45) is 10.9 Å². The van der Waals surface area contributed by atoms with E-state index < -0.39 is 35.0 Å². The lowest BCUT2D eigenvalue weighted by Crippen LogP contribution is -2.51. The van der Waals surface area contributed by atoms with Crippen LogP contribution in [-0.2, 0) is 32.2 Å². The second-order valence-corrected chi connectivity index (χ2v) is 9.44. The highest BCUT2D eigenvalue weighted by atomic mass is 16.6. The maximum atomic E-state index is 13.3. The molecule has 0 saturated carbocycles. The zero-order chi connectivity index (χ0) is 25.6. The number of carbonyl (C=O) groups is 2. The Morgan fingerprint density at radius 1 is 1.09 bits per heavy atom. The molecular weight excluding hydrogens is 440 g/mol. The van der Waals surface area contributed by atoms with E-state index in [-0.39, 0.29) is 31.0 Å². The Balaban J connectivity index is 2.67. The topological polar surface area (TPSA) is 125 Å². The summed E-state index contributed by atoms with van der Waals surface area (Å²) in [7, 11) is 1.23. The molecule has 1 unspecified atom stereocenters. The van der Waals surface area contributed by atoms with E-state index in [1.165, 1.54) is 11.7 Å². The molecule has 10 heteroatoms. The summed E-state index contributed by atoms with van der Waals surface area (Å²) in [4.78, 5) is 57.5. The van der Waals surface area contributed by atoms with Crippen molar-refractivity contribution < 1.29 is 19.1 Å². The summed E-state index contributed by atoms with van der Waals surface area (Å²) < 4.78 is 12.3. The lowest BCUT2D eigenvalue weighted by molar-refractivity contribution is -0.157. The summed E-state index contributed by atoms with van der Waals surface area (Å²) in [5.74, 6) is -1.36. The maximum absolute atomic E-state index is 13.3. The third kappa shape index (κ3) is 7.29. The Labute approximate surface area is 198 Å². The molecule has 0 fully saturated rings. The number of benzene rings is 1. The highest BCUT2D eigenvalue weighted by Crippen LogP contribution is 2.14. The molecule has 1 aromatic carbocycles. The Morgan fingerprint density at radius 3 is 2.24 bits per heavy atom. The van der Waals surface area contributed by atoms with Gasteiger partial charge < -0.3 is 9.47 Å². The molecule has 0 saturated heterocycles.